The first kappa shape index (κ1) is 31.7. The maximum absolute atomic E-state index is 11.8. The number of hydrogen-bond acceptors (Lipinski definition) is 4. The van der Waals surface area contributed by atoms with Crippen LogP contribution in [-0.4, -0.2) is 29.2 Å². The fourth-order valence-corrected chi connectivity index (χ4v) is 3.59. The predicted molar refractivity (Wildman–Crippen MR) is 150 cm³/mol. The zero-order valence-electron chi connectivity index (χ0n) is 23.3. The van der Waals surface area contributed by atoms with Gasteiger partial charge >= 0.3 is 5.97 Å². The summed E-state index contributed by atoms with van der Waals surface area (Å²) in [6.45, 7) is 10.8. The van der Waals surface area contributed by atoms with E-state index >= 15 is 0 Å². The second-order valence-electron chi connectivity index (χ2n) is 10.1. The number of unbranched alkanes of at least 4 members (excludes halogenated alkanes) is 2. The number of aliphatic carboxylic acids is 1. The summed E-state index contributed by atoms with van der Waals surface area (Å²) in [6.07, 6.45) is 8.92. The summed E-state index contributed by atoms with van der Waals surface area (Å²) in [4.78, 5) is 22.5. The van der Waals surface area contributed by atoms with Gasteiger partial charge in [-0.15, -0.1) is 0 Å². The van der Waals surface area contributed by atoms with Crippen molar-refractivity contribution in [3.8, 4) is 11.5 Å². The van der Waals surface area contributed by atoms with Crippen molar-refractivity contribution in [2.75, 3.05) is 7.11 Å². The molecule has 6 heteroatoms. The van der Waals surface area contributed by atoms with Gasteiger partial charge in [-0.25, -0.2) is 0 Å². The number of carbonyl (C=O) groups excluding carboxylic acids is 1. The van der Waals surface area contributed by atoms with Crippen molar-refractivity contribution in [2.45, 2.75) is 79.2 Å². The van der Waals surface area contributed by atoms with Gasteiger partial charge in [-0.3, -0.25) is 9.59 Å². The summed E-state index contributed by atoms with van der Waals surface area (Å²) in [5.41, 5.74) is 3.05. The second-order valence-corrected chi connectivity index (χ2v) is 10.1. The first-order chi connectivity index (χ1) is 17.5. The molecule has 2 rings (SSSR count). The summed E-state index contributed by atoms with van der Waals surface area (Å²) in [5.74, 6) is 0.610. The van der Waals surface area contributed by atoms with Crippen LogP contribution < -0.4 is 10.1 Å². The molecule has 1 unspecified atom stereocenters. The number of methoxy groups -OCH3 is 1. The Morgan fingerprint density at radius 2 is 1.62 bits per heavy atom. The molecule has 1 atom stereocenters. The molecule has 0 saturated heterocycles. The van der Waals surface area contributed by atoms with Gasteiger partial charge in [0.05, 0.1) is 13.0 Å². The van der Waals surface area contributed by atoms with E-state index < -0.39 is 11.9 Å². The maximum atomic E-state index is 11.8. The number of amides is 1. The van der Waals surface area contributed by atoms with E-state index in [-0.39, 0.29) is 11.7 Å². The van der Waals surface area contributed by atoms with Gasteiger partial charge in [-0.2, -0.15) is 0 Å². The smallest absolute Gasteiger partial charge is 0.310 e. The Balaban J connectivity index is 0.000000397. The molecule has 0 radical (unpaired) electrons. The number of phenols is 1. The van der Waals surface area contributed by atoms with Crippen LogP contribution in [0, 0.1) is 11.8 Å². The lowest BCUT2D eigenvalue weighted by molar-refractivity contribution is -0.138. The molecule has 3 N–H and O–H groups in total. The van der Waals surface area contributed by atoms with Crippen LogP contribution in [0.25, 0.3) is 0 Å². The van der Waals surface area contributed by atoms with E-state index in [0.717, 1.165) is 36.8 Å². The van der Waals surface area contributed by atoms with Crippen LogP contribution >= 0.6 is 0 Å². The van der Waals surface area contributed by atoms with Crippen LogP contribution in [-0.2, 0) is 22.6 Å². The average Bonchev–Trinajstić information content (AvgIpc) is 2.85. The van der Waals surface area contributed by atoms with E-state index in [1.54, 1.807) is 25.1 Å². The summed E-state index contributed by atoms with van der Waals surface area (Å²) in [6, 6.07) is 12.9. The molecule has 0 aromatic heterocycles. The van der Waals surface area contributed by atoms with Crippen LogP contribution in [0.4, 0.5) is 0 Å². The molecule has 2 aromatic rings. The molecule has 0 bridgehead atoms. The molecule has 0 aliphatic heterocycles. The number of carbonyl (C=O) groups is 2. The molecule has 0 spiro atoms. The van der Waals surface area contributed by atoms with Crippen LogP contribution in [0.5, 0.6) is 11.5 Å². The zero-order chi connectivity index (χ0) is 27.8. The molecule has 0 aliphatic rings. The fourth-order valence-electron chi connectivity index (χ4n) is 3.59. The van der Waals surface area contributed by atoms with E-state index in [4.69, 9.17) is 9.84 Å². The Hall–Kier alpha value is -3.28. The van der Waals surface area contributed by atoms with Crippen molar-refractivity contribution in [1.82, 2.24) is 5.32 Å². The molecule has 0 fully saturated rings. The summed E-state index contributed by atoms with van der Waals surface area (Å²) < 4.78 is 5.04. The highest BCUT2D eigenvalue weighted by Gasteiger charge is 2.13. The second kappa shape index (κ2) is 17.2. The molecular weight excluding hydrogens is 466 g/mol. The third kappa shape index (κ3) is 13.6. The number of carboxylic acid groups (broad SMARTS) is 1. The first-order valence-corrected chi connectivity index (χ1v) is 13.1. The normalized spacial score (nSPS) is 11.8. The van der Waals surface area contributed by atoms with Crippen LogP contribution in [0.2, 0.25) is 0 Å². The minimum absolute atomic E-state index is 0.0554. The third-order valence-electron chi connectivity index (χ3n) is 5.77. The lowest BCUT2D eigenvalue weighted by atomic mass is 9.97. The molecule has 0 heterocycles. The predicted octanol–water partition coefficient (Wildman–Crippen LogP) is 6.86. The number of ether oxygens (including phenoxy) is 1. The lowest BCUT2D eigenvalue weighted by Crippen LogP contribution is -2.22. The van der Waals surface area contributed by atoms with E-state index in [9.17, 15) is 14.7 Å². The zero-order valence-corrected chi connectivity index (χ0v) is 23.3. The van der Waals surface area contributed by atoms with E-state index in [2.05, 4.69) is 45.2 Å². The summed E-state index contributed by atoms with van der Waals surface area (Å²) >= 11 is 0. The number of hydrogen-bond donors (Lipinski definition) is 3. The molecule has 204 valence electrons. The molecule has 6 nitrogen and oxygen atoms in total. The molecule has 37 heavy (non-hydrogen) atoms. The largest absolute Gasteiger partial charge is 0.504 e. The van der Waals surface area contributed by atoms with Gasteiger partial charge in [0, 0.05) is 13.0 Å². The number of allylic oxidation sites excluding steroid dienone is 2. The Bertz CT molecular complexity index is 980. The Morgan fingerprint density at radius 3 is 2.19 bits per heavy atom. The molecule has 2 aromatic carbocycles. The van der Waals surface area contributed by atoms with Crippen molar-refractivity contribution in [1.29, 1.82) is 0 Å². The molecular formula is C31H45NO5. The first-order valence-electron chi connectivity index (χ1n) is 13.1. The number of rotatable bonds is 13. The van der Waals surface area contributed by atoms with Crippen molar-refractivity contribution in [3.05, 3.63) is 71.3 Å². The lowest BCUT2D eigenvalue weighted by Gasteiger charge is -2.09. The van der Waals surface area contributed by atoms with Gasteiger partial charge in [-0.05, 0) is 73.3 Å². The number of carboxylic acids is 1. The van der Waals surface area contributed by atoms with Gasteiger partial charge in [-0.1, -0.05) is 70.2 Å². The van der Waals surface area contributed by atoms with Crippen molar-refractivity contribution in [3.63, 3.8) is 0 Å². The van der Waals surface area contributed by atoms with Crippen LogP contribution in [0.3, 0.4) is 0 Å². The number of phenolic OH excluding ortho intramolecular Hbond substituents is 1. The molecule has 0 aliphatic carbocycles. The quantitative estimate of drug-likeness (QED) is 0.202. The van der Waals surface area contributed by atoms with Gasteiger partial charge < -0.3 is 20.3 Å². The highest BCUT2D eigenvalue weighted by Crippen LogP contribution is 2.26. The van der Waals surface area contributed by atoms with Crippen LogP contribution in [0.1, 0.15) is 82.9 Å². The van der Waals surface area contributed by atoms with Gasteiger partial charge in [0.25, 0.3) is 0 Å². The number of nitrogens with one attached hydrogen (secondary N) is 1. The minimum atomic E-state index is -0.772. The van der Waals surface area contributed by atoms with Crippen molar-refractivity contribution < 1.29 is 24.5 Å². The Kier molecular flexibility index (Phi) is 14.8. The van der Waals surface area contributed by atoms with E-state index in [0.29, 0.717) is 30.6 Å². The average molecular weight is 512 g/mol. The number of benzene rings is 2. The van der Waals surface area contributed by atoms with Gasteiger partial charge in [0.1, 0.15) is 0 Å². The van der Waals surface area contributed by atoms with E-state index in [1.807, 2.05) is 24.3 Å². The third-order valence-corrected chi connectivity index (χ3v) is 5.77. The summed E-state index contributed by atoms with van der Waals surface area (Å²) in [5, 5.41) is 21.3. The Morgan fingerprint density at radius 1 is 0.973 bits per heavy atom. The molecule has 1 amide bonds. The van der Waals surface area contributed by atoms with Gasteiger partial charge in [0.15, 0.2) is 11.5 Å². The van der Waals surface area contributed by atoms with Crippen molar-refractivity contribution in [2.24, 2.45) is 11.8 Å². The number of aromatic hydroxyl groups is 1. The van der Waals surface area contributed by atoms with Crippen LogP contribution in [0.15, 0.2) is 54.6 Å². The van der Waals surface area contributed by atoms with E-state index in [1.165, 1.54) is 12.7 Å². The molecule has 0 saturated carbocycles. The van der Waals surface area contributed by atoms with Crippen molar-refractivity contribution >= 4 is 11.9 Å². The fraction of sp³-hybridized carbons (Fsp3) is 0.484. The monoisotopic (exact) mass is 511 g/mol. The SMILES string of the molecule is CC(C)Cc1ccc(C(C)C(=O)O)cc1.COc1cc(CNC(=O)CCCC/C=C/C(C)C)ccc1O. The maximum Gasteiger partial charge on any atom is 0.310 e. The highest BCUT2D eigenvalue weighted by atomic mass is 16.5. The highest BCUT2D eigenvalue weighted by molar-refractivity contribution is 5.76. The minimum Gasteiger partial charge on any atom is -0.504 e. The Labute approximate surface area is 222 Å². The topological polar surface area (TPSA) is 95.9 Å². The summed E-state index contributed by atoms with van der Waals surface area (Å²) in [7, 11) is 1.51. The standard InChI is InChI=1S/C18H27NO3.C13H18O2/c1-14(2)8-6-4-5-7-9-18(21)19-13-15-10-11-16(20)17(12-15)22-3;1-9(2)8-11-4-6-12(7-5-11)10(3)13(14)15/h6,8,10-12,14,20H,4-5,7,9,13H2,1-3H3,(H,19,21);4-7,9-10H,8H2,1-3H3,(H,14,15)/b8-6+;. The van der Waals surface area contributed by atoms with Gasteiger partial charge in [0.2, 0.25) is 5.91 Å².